The fraction of sp³-hybridized carbons (Fsp3) is 0.500. The lowest BCUT2D eigenvalue weighted by Crippen LogP contribution is -2.30. The molecule has 7 nitrogen and oxygen atoms in total. The summed E-state index contributed by atoms with van der Waals surface area (Å²) in [6, 6.07) is 5.75. The summed E-state index contributed by atoms with van der Waals surface area (Å²) < 4.78 is 11.0. The van der Waals surface area contributed by atoms with Crippen molar-refractivity contribution in [3.63, 3.8) is 0 Å². The lowest BCUT2D eigenvalue weighted by atomic mass is 10.2. The maximum atomic E-state index is 11.6. The number of aliphatic imine (C=N–C) groups is 1. The second-order valence-corrected chi connectivity index (χ2v) is 5.19. The van der Waals surface area contributed by atoms with Gasteiger partial charge in [-0.3, -0.25) is 4.79 Å². The Kier molecular flexibility index (Phi) is 6.08. The monoisotopic (exact) mass is 320 g/mol. The molecule has 7 heteroatoms. The minimum atomic E-state index is -0.120. The molecule has 1 amide bonds. The van der Waals surface area contributed by atoms with Crippen LogP contribution in [0.2, 0.25) is 0 Å². The number of hydrogen-bond donors (Lipinski definition) is 3. The van der Waals surface area contributed by atoms with Crippen molar-refractivity contribution in [1.82, 2.24) is 5.32 Å². The summed E-state index contributed by atoms with van der Waals surface area (Å²) in [5, 5.41) is 5.82. The van der Waals surface area contributed by atoms with E-state index in [9.17, 15) is 4.79 Å². The molecule has 0 spiro atoms. The summed E-state index contributed by atoms with van der Waals surface area (Å²) in [5.74, 6) is 1.39. The highest BCUT2D eigenvalue weighted by molar-refractivity contribution is 5.95. The van der Waals surface area contributed by atoms with E-state index in [2.05, 4.69) is 15.6 Å². The van der Waals surface area contributed by atoms with E-state index in [1.54, 1.807) is 6.07 Å². The van der Waals surface area contributed by atoms with Crippen LogP contribution in [0.25, 0.3) is 0 Å². The van der Waals surface area contributed by atoms with E-state index in [1.807, 2.05) is 26.0 Å². The first-order chi connectivity index (χ1) is 11.1. The van der Waals surface area contributed by atoms with Crippen LogP contribution in [0, 0.1) is 0 Å². The van der Waals surface area contributed by atoms with Gasteiger partial charge in [-0.05, 0) is 38.8 Å². The molecule has 1 aromatic carbocycles. The van der Waals surface area contributed by atoms with Gasteiger partial charge >= 0.3 is 0 Å². The second kappa shape index (κ2) is 8.26. The third-order valence-electron chi connectivity index (χ3n) is 3.16. The van der Waals surface area contributed by atoms with Crippen LogP contribution in [-0.2, 0) is 4.79 Å². The highest BCUT2D eigenvalue weighted by atomic mass is 16.5. The number of amides is 1. The van der Waals surface area contributed by atoms with E-state index < -0.39 is 0 Å². The van der Waals surface area contributed by atoms with E-state index >= 15 is 0 Å². The number of ether oxygens (including phenoxy) is 2. The Morgan fingerprint density at radius 1 is 1.30 bits per heavy atom. The molecule has 23 heavy (non-hydrogen) atoms. The van der Waals surface area contributed by atoms with Crippen LogP contribution in [0.4, 0.5) is 5.69 Å². The third-order valence-corrected chi connectivity index (χ3v) is 3.16. The normalized spacial score (nSPS) is 14.3. The molecule has 0 unspecified atom stereocenters. The van der Waals surface area contributed by atoms with Gasteiger partial charge < -0.3 is 25.8 Å². The van der Waals surface area contributed by atoms with Crippen LogP contribution in [0.15, 0.2) is 23.2 Å². The van der Waals surface area contributed by atoms with Crippen molar-refractivity contribution in [3.8, 4) is 11.5 Å². The Morgan fingerprint density at radius 2 is 2.04 bits per heavy atom. The Morgan fingerprint density at radius 3 is 2.70 bits per heavy atom. The zero-order valence-electron chi connectivity index (χ0n) is 13.6. The SMILES string of the molecule is CCOc1ccc(OCC)c(NC(N)=NCC(=O)NC2CC2)c1. The highest BCUT2D eigenvalue weighted by Gasteiger charge is 2.22. The molecule has 1 fully saturated rings. The van der Waals surface area contributed by atoms with Gasteiger partial charge in [-0.1, -0.05) is 0 Å². The molecule has 0 bridgehead atoms. The Bertz CT molecular complexity index is 570. The fourth-order valence-corrected chi connectivity index (χ4v) is 1.98. The van der Waals surface area contributed by atoms with E-state index in [0.717, 1.165) is 12.8 Å². The largest absolute Gasteiger partial charge is 0.494 e. The summed E-state index contributed by atoms with van der Waals surface area (Å²) in [7, 11) is 0. The number of carbonyl (C=O) groups is 1. The molecule has 0 atom stereocenters. The van der Waals surface area contributed by atoms with Crippen LogP contribution < -0.4 is 25.8 Å². The summed E-state index contributed by atoms with van der Waals surface area (Å²) >= 11 is 0. The predicted molar refractivity (Wildman–Crippen MR) is 90.1 cm³/mol. The van der Waals surface area contributed by atoms with Crippen LogP contribution >= 0.6 is 0 Å². The number of nitrogens with two attached hydrogens (primary N) is 1. The predicted octanol–water partition coefficient (Wildman–Crippen LogP) is 1.49. The van der Waals surface area contributed by atoms with Gasteiger partial charge in [-0.25, -0.2) is 4.99 Å². The van der Waals surface area contributed by atoms with Crippen LogP contribution in [0.5, 0.6) is 11.5 Å². The molecule has 4 N–H and O–H groups in total. The van der Waals surface area contributed by atoms with Crippen molar-refractivity contribution in [2.75, 3.05) is 25.1 Å². The number of hydrogen-bond acceptors (Lipinski definition) is 4. The minimum Gasteiger partial charge on any atom is -0.494 e. The number of benzene rings is 1. The zero-order valence-corrected chi connectivity index (χ0v) is 13.6. The number of nitrogens with one attached hydrogen (secondary N) is 2. The van der Waals surface area contributed by atoms with Gasteiger partial charge in [0.05, 0.1) is 18.9 Å². The molecule has 1 aromatic rings. The topological polar surface area (TPSA) is 98.0 Å². The molecule has 1 aliphatic rings. The Labute approximate surface area is 136 Å². The zero-order chi connectivity index (χ0) is 16.7. The van der Waals surface area contributed by atoms with Crippen molar-refractivity contribution in [2.45, 2.75) is 32.7 Å². The summed E-state index contributed by atoms with van der Waals surface area (Å²) in [5.41, 5.74) is 6.51. The molecule has 1 aliphatic carbocycles. The molecule has 0 heterocycles. The van der Waals surface area contributed by atoms with Crippen LogP contribution in [-0.4, -0.2) is 37.7 Å². The van der Waals surface area contributed by atoms with Gasteiger partial charge in [-0.2, -0.15) is 0 Å². The fourth-order valence-electron chi connectivity index (χ4n) is 1.98. The number of anilines is 1. The van der Waals surface area contributed by atoms with E-state index in [-0.39, 0.29) is 18.4 Å². The maximum Gasteiger partial charge on any atom is 0.242 e. The molecule has 1 saturated carbocycles. The molecule has 0 aromatic heterocycles. The lowest BCUT2D eigenvalue weighted by Gasteiger charge is -2.14. The van der Waals surface area contributed by atoms with Crippen LogP contribution in [0.3, 0.4) is 0 Å². The summed E-state index contributed by atoms with van der Waals surface area (Å²) in [4.78, 5) is 15.7. The number of guanidine groups is 1. The molecule has 126 valence electrons. The smallest absolute Gasteiger partial charge is 0.242 e. The first-order valence-corrected chi connectivity index (χ1v) is 7.88. The number of nitrogens with zero attached hydrogens (tertiary/aromatic N) is 1. The molecular formula is C16H24N4O3. The Hall–Kier alpha value is -2.44. The van der Waals surface area contributed by atoms with Gasteiger partial charge in [0.1, 0.15) is 18.0 Å². The molecule has 2 rings (SSSR count). The number of rotatable bonds is 8. The Balaban J connectivity index is 2.00. The molecule has 0 radical (unpaired) electrons. The second-order valence-electron chi connectivity index (χ2n) is 5.19. The van der Waals surface area contributed by atoms with Crippen molar-refractivity contribution >= 4 is 17.6 Å². The van der Waals surface area contributed by atoms with Gasteiger partial charge in [-0.15, -0.1) is 0 Å². The quantitative estimate of drug-likeness (QED) is 0.498. The highest BCUT2D eigenvalue weighted by Crippen LogP contribution is 2.29. The minimum absolute atomic E-state index is 0.00442. The van der Waals surface area contributed by atoms with Crippen molar-refractivity contribution in [2.24, 2.45) is 10.7 Å². The molecular weight excluding hydrogens is 296 g/mol. The summed E-state index contributed by atoms with van der Waals surface area (Å²) in [6.07, 6.45) is 2.09. The van der Waals surface area contributed by atoms with Crippen molar-refractivity contribution in [1.29, 1.82) is 0 Å². The van der Waals surface area contributed by atoms with E-state index in [4.69, 9.17) is 15.2 Å². The van der Waals surface area contributed by atoms with Gasteiger partial charge in [0.2, 0.25) is 5.91 Å². The van der Waals surface area contributed by atoms with Gasteiger partial charge in [0.25, 0.3) is 0 Å². The number of carbonyl (C=O) groups excluding carboxylic acids is 1. The van der Waals surface area contributed by atoms with E-state index in [1.165, 1.54) is 0 Å². The maximum absolute atomic E-state index is 11.6. The van der Waals surface area contributed by atoms with Crippen molar-refractivity contribution < 1.29 is 14.3 Å². The standard InChI is InChI=1S/C16H24N4O3/c1-3-22-12-7-8-14(23-4-2)13(9-12)20-16(17)18-10-15(21)19-11-5-6-11/h7-9,11H,3-6,10H2,1-2H3,(H,19,21)(H3,17,18,20). The molecule has 0 saturated heterocycles. The third kappa shape index (κ3) is 5.69. The van der Waals surface area contributed by atoms with Crippen molar-refractivity contribution in [3.05, 3.63) is 18.2 Å². The first kappa shape index (κ1) is 16.9. The van der Waals surface area contributed by atoms with Gasteiger partial charge in [0.15, 0.2) is 5.96 Å². The van der Waals surface area contributed by atoms with Gasteiger partial charge in [0, 0.05) is 12.1 Å². The average molecular weight is 320 g/mol. The molecule has 0 aliphatic heterocycles. The first-order valence-electron chi connectivity index (χ1n) is 7.88. The average Bonchev–Trinajstić information content (AvgIpc) is 3.32. The summed E-state index contributed by atoms with van der Waals surface area (Å²) in [6.45, 7) is 4.92. The van der Waals surface area contributed by atoms with E-state index in [0.29, 0.717) is 36.4 Å². The lowest BCUT2D eigenvalue weighted by molar-refractivity contribution is -0.119. The van der Waals surface area contributed by atoms with Crippen LogP contribution in [0.1, 0.15) is 26.7 Å².